The summed E-state index contributed by atoms with van der Waals surface area (Å²) in [6, 6.07) is 8.13. The molecule has 0 N–H and O–H groups in total. The molecule has 12 heavy (non-hydrogen) atoms. The van der Waals surface area contributed by atoms with E-state index in [1.165, 1.54) is 5.56 Å². The van der Waals surface area contributed by atoms with E-state index < -0.39 is 0 Å². The Bertz CT molecular complexity index is 246. The van der Waals surface area contributed by atoms with Gasteiger partial charge in [-0.15, -0.1) is 0 Å². The summed E-state index contributed by atoms with van der Waals surface area (Å²) in [6.45, 7) is 2.03. The van der Waals surface area contributed by atoms with E-state index >= 15 is 0 Å². The summed E-state index contributed by atoms with van der Waals surface area (Å²) in [5.41, 5.74) is 1.31. The van der Waals surface area contributed by atoms with Crippen molar-refractivity contribution in [2.45, 2.75) is 13.3 Å². The number of hydrogen-bond donors (Lipinski definition) is 0. The normalized spacial score (nSPS) is 10.5. The molecule has 0 aliphatic carbocycles. The maximum Gasteiger partial charge on any atom is 0.118 e. The lowest BCUT2D eigenvalue weighted by molar-refractivity contribution is 0.414. The fourth-order valence-electron chi connectivity index (χ4n) is 1.02. The smallest absolute Gasteiger partial charge is 0.118 e. The van der Waals surface area contributed by atoms with Gasteiger partial charge in [-0.2, -0.15) is 0 Å². The second kappa shape index (κ2) is 4.60. The number of methoxy groups -OCH3 is 1. The second-order valence-corrected chi connectivity index (χ2v) is 2.62. The molecule has 0 aliphatic heterocycles. The SMILES string of the molecule is CC=CCc1ccc(OC)cc1. The van der Waals surface area contributed by atoms with E-state index in [2.05, 4.69) is 24.3 Å². The number of benzene rings is 1. The van der Waals surface area contributed by atoms with E-state index in [1.54, 1.807) is 7.11 Å². The van der Waals surface area contributed by atoms with Crippen molar-refractivity contribution in [2.24, 2.45) is 0 Å². The van der Waals surface area contributed by atoms with Crippen molar-refractivity contribution in [2.75, 3.05) is 7.11 Å². The van der Waals surface area contributed by atoms with Gasteiger partial charge in [0.05, 0.1) is 7.11 Å². The highest BCUT2D eigenvalue weighted by Gasteiger charge is 1.90. The molecule has 0 aromatic heterocycles. The third-order valence-electron chi connectivity index (χ3n) is 1.75. The quantitative estimate of drug-likeness (QED) is 0.621. The van der Waals surface area contributed by atoms with E-state index in [0.717, 1.165) is 12.2 Å². The van der Waals surface area contributed by atoms with Crippen LogP contribution in [0.15, 0.2) is 36.4 Å². The molecule has 0 atom stereocenters. The highest BCUT2D eigenvalue weighted by Crippen LogP contribution is 2.11. The van der Waals surface area contributed by atoms with Gasteiger partial charge in [0.15, 0.2) is 0 Å². The van der Waals surface area contributed by atoms with Crippen molar-refractivity contribution in [1.82, 2.24) is 0 Å². The molecule has 0 radical (unpaired) electrons. The highest BCUT2D eigenvalue weighted by molar-refractivity contribution is 5.28. The van der Waals surface area contributed by atoms with Crippen LogP contribution >= 0.6 is 0 Å². The number of ether oxygens (including phenoxy) is 1. The van der Waals surface area contributed by atoms with E-state index in [-0.39, 0.29) is 0 Å². The first-order valence-electron chi connectivity index (χ1n) is 4.11. The van der Waals surface area contributed by atoms with Crippen molar-refractivity contribution in [3.05, 3.63) is 42.0 Å². The minimum atomic E-state index is 0.916. The maximum atomic E-state index is 5.06. The van der Waals surface area contributed by atoms with Crippen LogP contribution in [0.4, 0.5) is 0 Å². The first kappa shape index (κ1) is 8.85. The van der Waals surface area contributed by atoms with Gasteiger partial charge >= 0.3 is 0 Å². The van der Waals surface area contributed by atoms with Crippen molar-refractivity contribution in [3.8, 4) is 5.75 Å². The molecular formula is C11H14O. The van der Waals surface area contributed by atoms with Crippen LogP contribution in [0.3, 0.4) is 0 Å². The lowest BCUT2D eigenvalue weighted by Gasteiger charge is -1.99. The van der Waals surface area contributed by atoms with E-state index in [1.807, 2.05) is 19.1 Å². The summed E-state index contributed by atoms with van der Waals surface area (Å²) in [5.74, 6) is 0.916. The largest absolute Gasteiger partial charge is 0.497 e. The number of allylic oxidation sites excluding steroid dienone is 2. The van der Waals surface area contributed by atoms with Crippen molar-refractivity contribution >= 4 is 0 Å². The maximum absolute atomic E-state index is 5.06. The lowest BCUT2D eigenvalue weighted by Crippen LogP contribution is -1.84. The Kier molecular flexibility index (Phi) is 3.39. The Labute approximate surface area is 73.7 Å². The first-order valence-corrected chi connectivity index (χ1v) is 4.11. The Morgan fingerprint density at radius 1 is 1.25 bits per heavy atom. The van der Waals surface area contributed by atoms with Gasteiger partial charge in [-0.05, 0) is 31.0 Å². The third kappa shape index (κ3) is 2.42. The molecule has 1 heteroatoms. The topological polar surface area (TPSA) is 9.23 Å². The molecule has 1 aromatic rings. The predicted molar refractivity (Wildman–Crippen MR) is 51.5 cm³/mol. The Morgan fingerprint density at radius 2 is 1.92 bits per heavy atom. The Hall–Kier alpha value is -1.24. The van der Waals surface area contributed by atoms with Gasteiger partial charge in [0.1, 0.15) is 5.75 Å². The monoisotopic (exact) mass is 162 g/mol. The molecule has 1 nitrogen and oxygen atoms in total. The summed E-state index contributed by atoms with van der Waals surface area (Å²) < 4.78 is 5.06. The van der Waals surface area contributed by atoms with Crippen LogP contribution in [0.5, 0.6) is 5.75 Å². The van der Waals surface area contributed by atoms with Crippen molar-refractivity contribution < 1.29 is 4.74 Å². The van der Waals surface area contributed by atoms with Gasteiger partial charge in [0.2, 0.25) is 0 Å². The second-order valence-electron chi connectivity index (χ2n) is 2.62. The average molecular weight is 162 g/mol. The first-order chi connectivity index (χ1) is 5.86. The number of hydrogen-bond acceptors (Lipinski definition) is 1. The van der Waals surface area contributed by atoms with Crippen LogP contribution in [-0.2, 0) is 6.42 Å². The van der Waals surface area contributed by atoms with Gasteiger partial charge in [-0.25, -0.2) is 0 Å². The molecule has 0 amide bonds. The summed E-state index contributed by atoms with van der Waals surface area (Å²) >= 11 is 0. The minimum absolute atomic E-state index is 0.916. The van der Waals surface area contributed by atoms with Crippen LogP contribution < -0.4 is 4.74 Å². The molecule has 0 fully saturated rings. The fraction of sp³-hybridized carbons (Fsp3) is 0.273. The van der Waals surface area contributed by atoms with Gasteiger partial charge in [0.25, 0.3) is 0 Å². The van der Waals surface area contributed by atoms with Crippen LogP contribution in [-0.4, -0.2) is 7.11 Å². The standard InChI is InChI=1S/C11H14O/c1-3-4-5-10-6-8-11(12-2)9-7-10/h3-4,6-9H,5H2,1-2H3. The Balaban J connectivity index is 2.64. The molecular weight excluding hydrogens is 148 g/mol. The third-order valence-corrected chi connectivity index (χ3v) is 1.75. The van der Waals surface area contributed by atoms with Gasteiger partial charge in [0, 0.05) is 0 Å². The lowest BCUT2D eigenvalue weighted by atomic mass is 10.1. The Morgan fingerprint density at radius 3 is 2.42 bits per heavy atom. The number of rotatable bonds is 3. The summed E-state index contributed by atoms with van der Waals surface area (Å²) in [5, 5.41) is 0. The van der Waals surface area contributed by atoms with Gasteiger partial charge in [-0.3, -0.25) is 0 Å². The molecule has 1 rings (SSSR count). The summed E-state index contributed by atoms with van der Waals surface area (Å²) in [7, 11) is 1.68. The van der Waals surface area contributed by atoms with Crippen LogP contribution in [0.2, 0.25) is 0 Å². The zero-order valence-corrected chi connectivity index (χ0v) is 7.58. The zero-order chi connectivity index (χ0) is 8.81. The van der Waals surface area contributed by atoms with Crippen LogP contribution in [0.25, 0.3) is 0 Å². The minimum Gasteiger partial charge on any atom is -0.497 e. The average Bonchev–Trinajstić information content (AvgIpc) is 2.15. The summed E-state index contributed by atoms with van der Waals surface area (Å²) in [6.07, 6.45) is 5.20. The molecule has 0 spiro atoms. The summed E-state index contributed by atoms with van der Waals surface area (Å²) in [4.78, 5) is 0. The van der Waals surface area contributed by atoms with Crippen molar-refractivity contribution in [1.29, 1.82) is 0 Å². The molecule has 0 saturated heterocycles. The molecule has 0 saturated carbocycles. The van der Waals surface area contributed by atoms with Crippen LogP contribution in [0.1, 0.15) is 12.5 Å². The van der Waals surface area contributed by atoms with E-state index in [0.29, 0.717) is 0 Å². The molecule has 0 heterocycles. The van der Waals surface area contributed by atoms with Gasteiger partial charge in [-0.1, -0.05) is 24.3 Å². The molecule has 64 valence electrons. The highest BCUT2D eigenvalue weighted by atomic mass is 16.5. The predicted octanol–water partition coefficient (Wildman–Crippen LogP) is 2.81. The fourth-order valence-corrected chi connectivity index (χ4v) is 1.02. The molecule has 0 bridgehead atoms. The zero-order valence-electron chi connectivity index (χ0n) is 7.58. The molecule has 0 unspecified atom stereocenters. The van der Waals surface area contributed by atoms with Crippen molar-refractivity contribution in [3.63, 3.8) is 0 Å². The molecule has 1 aromatic carbocycles. The van der Waals surface area contributed by atoms with Gasteiger partial charge < -0.3 is 4.74 Å². The molecule has 0 aliphatic rings. The van der Waals surface area contributed by atoms with E-state index in [4.69, 9.17) is 4.74 Å². The van der Waals surface area contributed by atoms with Crippen LogP contribution in [0, 0.1) is 0 Å². The van der Waals surface area contributed by atoms with E-state index in [9.17, 15) is 0 Å².